The van der Waals surface area contributed by atoms with Crippen LogP contribution in [0.25, 0.3) is 6.08 Å². The first kappa shape index (κ1) is 10.3. The fourth-order valence-corrected chi connectivity index (χ4v) is 1.16. The van der Waals surface area contributed by atoms with E-state index in [4.69, 9.17) is 4.74 Å². The van der Waals surface area contributed by atoms with E-state index in [0.29, 0.717) is 5.88 Å². The van der Waals surface area contributed by atoms with Crippen molar-refractivity contribution in [2.24, 2.45) is 0 Å². The van der Waals surface area contributed by atoms with Crippen molar-refractivity contribution in [2.45, 2.75) is 6.42 Å². The average molecular weight is 242 g/mol. The van der Waals surface area contributed by atoms with Crippen molar-refractivity contribution in [3.05, 3.63) is 30.0 Å². The van der Waals surface area contributed by atoms with Crippen molar-refractivity contribution < 1.29 is 4.74 Å². The highest BCUT2D eigenvalue weighted by Crippen LogP contribution is 2.08. The number of ether oxygens (including phenoxy) is 1. The molecule has 0 spiro atoms. The van der Waals surface area contributed by atoms with Gasteiger partial charge in [-0.2, -0.15) is 0 Å². The second-order valence-corrected chi connectivity index (χ2v) is 3.31. The summed E-state index contributed by atoms with van der Waals surface area (Å²) in [7, 11) is 1.61. The number of alkyl halides is 1. The van der Waals surface area contributed by atoms with Crippen LogP contribution in [0.15, 0.2) is 24.4 Å². The van der Waals surface area contributed by atoms with Gasteiger partial charge in [0.2, 0.25) is 5.88 Å². The molecule has 0 atom stereocenters. The Labute approximate surface area is 86.8 Å². The Kier molecular flexibility index (Phi) is 4.54. The molecule has 0 saturated carbocycles. The Morgan fingerprint density at radius 2 is 2.38 bits per heavy atom. The van der Waals surface area contributed by atoms with Gasteiger partial charge in [0.25, 0.3) is 0 Å². The molecular formula is C10H12BrNO. The SMILES string of the molecule is COc1ccc(C=CCCBr)cn1. The topological polar surface area (TPSA) is 22.1 Å². The van der Waals surface area contributed by atoms with Gasteiger partial charge in [0.05, 0.1) is 7.11 Å². The third-order valence-corrected chi connectivity index (χ3v) is 2.01. The third-order valence-electron chi connectivity index (χ3n) is 1.55. The normalized spacial score (nSPS) is 10.6. The second kappa shape index (κ2) is 5.75. The first-order valence-corrected chi connectivity index (χ1v) is 5.21. The predicted octanol–water partition coefficient (Wildman–Crippen LogP) is 2.89. The van der Waals surface area contributed by atoms with Gasteiger partial charge in [-0.05, 0) is 18.1 Å². The minimum atomic E-state index is 0.651. The van der Waals surface area contributed by atoms with Crippen molar-refractivity contribution in [2.75, 3.05) is 12.4 Å². The molecule has 0 unspecified atom stereocenters. The van der Waals surface area contributed by atoms with Crippen molar-refractivity contribution in [3.63, 3.8) is 0 Å². The van der Waals surface area contributed by atoms with Gasteiger partial charge in [0, 0.05) is 17.6 Å². The van der Waals surface area contributed by atoms with Crippen LogP contribution in [-0.4, -0.2) is 17.4 Å². The molecule has 1 aromatic rings. The summed E-state index contributed by atoms with van der Waals surface area (Å²) in [4.78, 5) is 4.09. The Balaban J connectivity index is 2.58. The van der Waals surface area contributed by atoms with E-state index >= 15 is 0 Å². The molecule has 0 saturated heterocycles. The van der Waals surface area contributed by atoms with Crippen LogP contribution in [0.3, 0.4) is 0 Å². The molecular weight excluding hydrogens is 230 g/mol. The van der Waals surface area contributed by atoms with Crippen molar-refractivity contribution in [1.29, 1.82) is 0 Å². The summed E-state index contributed by atoms with van der Waals surface area (Å²) < 4.78 is 4.95. The first-order chi connectivity index (χ1) is 6.36. The van der Waals surface area contributed by atoms with Crippen LogP contribution in [0.4, 0.5) is 0 Å². The lowest BCUT2D eigenvalue weighted by molar-refractivity contribution is 0.398. The lowest BCUT2D eigenvalue weighted by Crippen LogP contribution is -1.86. The number of halogens is 1. The number of allylic oxidation sites excluding steroid dienone is 1. The smallest absolute Gasteiger partial charge is 0.212 e. The first-order valence-electron chi connectivity index (χ1n) is 4.09. The van der Waals surface area contributed by atoms with Gasteiger partial charge in [0.1, 0.15) is 0 Å². The summed E-state index contributed by atoms with van der Waals surface area (Å²) in [5.41, 5.74) is 1.10. The molecule has 0 aromatic carbocycles. The largest absolute Gasteiger partial charge is 0.481 e. The van der Waals surface area contributed by atoms with Crippen LogP contribution in [0.5, 0.6) is 5.88 Å². The number of hydrogen-bond acceptors (Lipinski definition) is 2. The minimum absolute atomic E-state index is 0.651. The molecule has 2 nitrogen and oxygen atoms in total. The fraction of sp³-hybridized carbons (Fsp3) is 0.300. The van der Waals surface area contributed by atoms with Crippen LogP contribution in [0.1, 0.15) is 12.0 Å². The summed E-state index contributed by atoms with van der Waals surface area (Å²) in [6, 6.07) is 3.84. The van der Waals surface area contributed by atoms with E-state index in [1.807, 2.05) is 18.2 Å². The Morgan fingerprint density at radius 3 is 2.92 bits per heavy atom. The van der Waals surface area contributed by atoms with Gasteiger partial charge < -0.3 is 4.74 Å². The number of hydrogen-bond donors (Lipinski definition) is 0. The van der Waals surface area contributed by atoms with E-state index in [0.717, 1.165) is 17.3 Å². The summed E-state index contributed by atoms with van der Waals surface area (Å²) >= 11 is 3.36. The summed E-state index contributed by atoms with van der Waals surface area (Å²) in [6.07, 6.45) is 6.99. The maximum Gasteiger partial charge on any atom is 0.212 e. The number of nitrogens with zero attached hydrogens (tertiary/aromatic N) is 1. The van der Waals surface area contributed by atoms with E-state index in [1.165, 1.54) is 0 Å². The zero-order chi connectivity index (χ0) is 9.52. The zero-order valence-electron chi connectivity index (χ0n) is 7.53. The van der Waals surface area contributed by atoms with E-state index in [9.17, 15) is 0 Å². The van der Waals surface area contributed by atoms with E-state index in [2.05, 4.69) is 27.0 Å². The molecule has 0 aliphatic heterocycles. The molecule has 1 rings (SSSR count). The molecule has 3 heteroatoms. The molecule has 13 heavy (non-hydrogen) atoms. The van der Waals surface area contributed by atoms with Crippen LogP contribution in [0.2, 0.25) is 0 Å². The lowest BCUT2D eigenvalue weighted by Gasteiger charge is -1.97. The molecule has 0 radical (unpaired) electrons. The predicted molar refractivity (Wildman–Crippen MR) is 58.2 cm³/mol. The molecule has 0 bridgehead atoms. The van der Waals surface area contributed by atoms with Crippen molar-refractivity contribution in [1.82, 2.24) is 4.98 Å². The molecule has 0 amide bonds. The van der Waals surface area contributed by atoms with E-state index in [1.54, 1.807) is 13.3 Å². The highest BCUT2D eigenvalue weighted by Gasteiger charge is 1.90. The zero-order valence-corrected chi connectivity index (χ0v) is 9.12. The van der Waals surface area contributed by atoms with Gasteiger partial charge in [-0.1, -0.05) is 28.1 Å². The standard InChI is InChI=1S/C10H12BrNO/c1-13-10-6-5-9(8-12-10)4-2-3-7-11/h2,4-6,8H,3,7H2,1H3. The highest BCUT2D eigenvalue weighted by molar-refractivity contribution is 9.09. The molecule has 0 aliphatic carbocycles. The lowest BCUT2D eigenvalue weighted by atomic mass is 10.2. The minimum Gasteiger partial charge on any atom is -0.481 e. The maximum atomic E-state index is 4.95. The van der Waals surface area contributed by atoms with Crippen LogP contribution in [0, 0.1) is 0 Å². The summed E-state index contributed by atoms with van der Waals surface area (Å²) in [6.45, 7) is 0. The van der Waals surface area contributed by atoms with Gasteiger partial charge in [-0.25, -0.2) is 4.98 Å². The maximum absolute atomic E-state index is 4.95. The number of rotatable bonds is 4. The number of methoxy groups -OCH3 is 1. The second-order valence-electron chi connectivity index (χ2n) is 2.51. The van der Waals surface area contributed by atoms with Gasteiger partial charge in [0.15, 0.2) is 0 Å². The Hall–Kier alpha value is -0.830. The van der Waals surface area contributed by atoms with Gasteiger partial charge in [-0.15, -0.1) is 0 Å². The fourth-order valence-electron chi connectivity index (χ4n) is 0.893. The van der Waals surface area contributed by atoms with Gasteiger partial charge >= 0.3 is 0 Å². The molecule has 70 valence electrons. The number of aromatic nitrogens is 1. The van der Waals surface area contributed by atoms with Crippen molar-refractivity contribution >= 4 is 22.0 Å². The Morgan fingerprint density at radius 1 is 1.54 bits per heavy atom. The van der Waals surface area contributed by atoms with Crippen LogP contribution in [-0.2, 0) is 0 Å². The van der Waals surface area contributed by atoms with Crippen LogP contribution < -0.4 is 4.74 Å². The van der Waals surface area contributed by atoms with Gasteiger partial charge in [-0.3, -0.25) is 0 Å². The van der Waals surface area contributed by atoms with E-state index in [-0.39, 0.29) is 0 Å². The summed E-state index contributed by atoms with van der Waals surface area (Å²) in [5, 5.41) is 0.993. The number of pyridine rings is 1. The quantitative estimate of drug-likeness (QED) is 0.757. The molecule has 0 fully saturated rings. The summed E-state index contributed by atoms with van der Waals surface area (Å²) in [5.74, 6) is 0.651. The highest BCUT2D eigenvalue weighted by atomic mass is 79.9. The molecule has 1 heterocycles. The van der Waals surface area contributed by atoms with E-state index < -0.39 is 0 Å². The van der Waals surface area contributed by atoms with Crippen molar-refractivity contribution in [3.8, 4) is 5.88 Å². The molecule has 0 N–H and O–H groups in total. The molecule has 0 aliphatic rings. The van der Waals surface area contributed by atoms with Crippen LogP contribution >= 0.6 is 15.9 Å². The Bertz CT molecular complexity index is 269. The third kappa shape index (κ3) is 3.59. The molecule has 1 aromatic heterocycles. The average Bonchev–Trinajstić information content (AvgIpc) is 2.19. The monoisotopic (exact) mass is 241 g/mol.